The van der Waals surface area contributed by atoms with Gasteiger partial charge in [-0.3, -0.25) is 14.7 Å². The third-order valence-corrected chi connectivity index (χ3v) is 6.37. The first kappa shape index (κ1) is 16.7. The lowest BCUT2D eigenvalue weighted by molar-refractivity contribution is -0.139. The molecule has 132 valence electrons. The van der Waals surface area contributed by atoms with Crippen molar-refractivity contribution in [1.82, 2.24) is 19.8 Å². The summed E-state index contributed by atoms with van der Waals surface area (Å²) in [6, 6.07) is 5.89. The number of nitrogens with zero attached hydrogens (tertiary/aromatic N) is 4. The van der Waals surface area contributed by atoms with Crippen LogP contribution < -0.4 is 0 Å². The first-order valence-electron chi connectivity index (χ1n) is 8.97. The van der Waals surface area contributed by atoms with Gasteiger partial charge in [0.15, 0.2) is 0 Å². The minimum Gasteiger partial charge on any atom is -0.336 e. The van der Waals surface area contributed by atoms with Gasteiger partial charge in [-0.25, -0.2) is 4.98 Å². The van der Waals surface area contributed by atoms with Crippen molar-refractivity contribution in [2.45, 2.75) is 39.3 Å². The van der Waals surface area contributed by atoms with Gasteiger partial charge in [0.2, 0.25) is 5.91 Å². The normalized spacial score (nSPS) is 20.5. The van der Waals surface area contributed by atoms with Crippen LogP contribution in [0, 0.1) is 12.3 Å². The van der Waals surface area contributed by atoms with Crippen LogP contribution >= 0.6 is 11.3 Å². The summed E-state index contributed by atoms with van der Waals surface area (Å²) in [5, 5.41) is 3.27. The highest BCUT2D eigenvalue weighted by Gasteiger charge is 2.47. The number of thiazole rings is 1. The first-order chi connectivity index (χ1) is 12.1. The smallest absolute Gasteiger partial charge is 0.229 e. The van der Waals surface area contributed by atoms with E-state index in [4.69, 9.17) is 0 Å². The molecule has 0 radical (unpaired) electrons. The Hall–Kier alpha value is -1.79. The molecule has 0 saturated carbocycles. The highest BCUT2D eigenvalue weighted by atomic mass is 32.1. The Morgan fingerprint density at radius 3 is 2.60 bits per heavy atom. The molecule has 0 unspecified atom stereocenters. The van der Waals surface area contributed by atoms with Crippen LogP contribution in [0.25, 0.3) is 0 Å². The maximum Gasteiger partial charge on any atom is 0.229 e. The molecule has 4 rings (SSSR count). The molecule has 2 aliphatic rings. The standard InChI is InChI=1S/C19H24N4OS/c1-15-21-17(14-25-15)12-22-9-5-19(6-10-22)7-11-23(18(19)24)13-16-4-2-3-8-20-16/h2-4,8,14H,5-7,9-13H2,1H3. The molecule has 6 heteroatoms. The molecule has 1 spiro atoms. The lowest BCUT2D eigenvalue weighted by Gasteiger charge is -2.37. The molecular weight excluding hydrogens is 332 g/mol. The summed E-state index contributed by atoms with van der Waals surface area (Å²) in [5.74, 6) is 0.335. The fraction of sp³-hybridized carbons (Fsp3) is 0.526. The van der Waals surface area contributed by atoms with Gasteiger partial charge in [-0.1, -0.05) is 6.07 Å². The molecule has 0 bridgehead atoms. The number of likely N-dealkylation sites (tertiary alicyclic amines) is 2. The fourth-order valence-corrected chi connectivity index (χ4v) is 4.65. The summed E-state index contributed by atoms with van der Waals surface area (Å²) < 4.78 is 0. The van der Waals surface area contributed by atoms with Gasteiger partial charge in [0.25, 0.3) is 0 Å². The molecule has 0 atom stereocenters. The zero-order valence-corrected chi connectivity index (χ0v) is 15.5. The average Bonchev–Trinajstić information content (AvgIpc) is 3.17. The Morgan fingerprint density at radius 2 is 1.92 bits per heavy atom. The van der Waals surface area contributed by atoms with Crippen molar-refractivity contribution in [3.63, 3.8) is 0 Å². The van der Waals surface area contributed by atoms with Crippen LogP contribution in [0.1, 0.15) is 35.7 Å². The van der Waals surface area contributed by atoms with Gasteiger partial charge in [0, 0.05) is 24.7 Å². The van der Waals surface area contributed by atoms with Crippen molar-refractivity contribution in [2.75, 3.05) is 19.6 Å². The van der Waals surface area contributed by atoms with Gasteiger partial charge in [-0.05, 0) is 51.4 Å². The maximum absolute atomic E-state index is 13.0. The van der Waals surface area contributed by atoms with Crippen LogP contribution in [0.5, 0.6) is 0 Å². The quantitative estimate of drug-likeness (QED) is 0.845. The first-order valence-corrected chi connectivity index (χ1v) is 9.85. The number of hydrogen-bond acceptors (Lipinski definition) is 5. The van der Waals surface area contributed by atoms with E-state index in [0.717, 1.165) is 61.8 Å². The summed E-state index contributed by atoms with van der Waals surface area (Å²) in [6.07, 6.45) is 4.72. The van der Waals surface area contributed by atoms with Crippen molar-refractivity contribution in [3.8, 4) is 0 Å². The van der Waals surface area contributed by atoms with Crippen LogP contribution in [0.2, 0.25) is 0 Å². The average molecular weight is 356 g/mol. The largest absolute Gasteiger partial charge is 0.336 e. The van der Waals surface area contributed by atoms with Crippen molar-refractivity contribution in [2.24, 2.45) is 5.41 Å². The predicted octanol–water partition coefficient (Wildman–Crippen LogP) is 2.86. The second-order valence-corrected chi connectivity index (χ2v) is 8.27. The number of carbonyl (C=O) groups is 1. The van der Waals surface area contributed by atoms with Crippen molar-refractivity contribution < 1.29 is 4.79 Å². The fourth-order valence-electron chi connectivity index (χ4n) is 4.04. The topological polar surface area (TPSA) is 49.3 Å². The molecule has 2 saturated heterocycles. The van der Waals surface area contributed by atoms with Crippen LogP contribution in [-0.2, 0) is 17.9 Å². The summed E-state index contributed by atoms with van der Waals surface area (Å²) in [6.45, 7) is 6.43. The minimum atomic E-state index is -0.136. The molecule has 2 aliphatic heterocycles. The Morgan fingerprint density at radius 1 is 1.12 bits per heavy atom. The Kier molecular flexibility index (Phi) is 4.56. The van der Waals surface area contributed by atoms with Gasteiger partial charge in [-0.15, -0.1) is 11.3 Å². The highest BCUT2D eigenvalue weighted by molar-refractivity contribution is 7.09. The van der Waals surface area contributed by atoms with Crippen LogP contribution in [-0.4, -0.2) is 45.3 Å². The van der Waals surface area contributed by atoms with Gasteiger partial charge >= 0.3 is 0 Å². The molecule has 0 N–H and O–H groups in total. The zero-order valence-electron chi connectivity index (χ0n) is 14.6. The van der Waals surface area contributed by atoms with Crippen LogP contribution in [0.15, 0.2) is 29.8 Å². The molecule has 1 amide bonds. The lowest BCUT2D eigenvalue weighted by Crippen LogP contribution is -2.44. The zero-order chi connectivity index (χ0) is 17.3. The van der Waals surface area contributed by atoms with E-state index in [9.17, 15) is 4.79 Å². The highest BCUT2D eigenvalue weighted by Crippen LogP contribution is 2.42. The number of piperidine rings is 1. The Labute approximate surface area is 152 Å². The summed E-state index contributed by atoms with van der Waals surface area (Å²) in [7, 11) is 0. The van der Waals surface area contributed by atoms with Crippen LogP contribution in [0.3, 0.4) is 0 Å². The van der Waals surface area contributed by atoms with E-state index in [2.05, 4.69) is 20.2 Å². The van der Waals surface area contributed by atoms with Gasteiger partial charge < -0.3 is 4.90 Å². The summed E-state index contributed by atoms with van der Waals surface area (Å²) >= 11 is 1.71. The van der Waals surface area contributed by atoms with Crippen molar-refractivity contribution in [1.29, 1.82) is 0 Å². The lowest BCUT2D eigenvalue weighted by atomic mass is 9.77. The molecule has 2 aromatic heterocycles. The number of amides is 1. The third kappa shape index (κ3) is 3.46. The number of aryl methyl sites for hydroxylation is 1. The van der Waals surface area contributed by atoms with E-state index in [0.29, 0.717) is 12.5 Å². The number of hydrogen-bond donors (Lipinski definition) is 0. The Balaban J connectivity index is 1.35. The molecular formula is C19H24N4OS. The second kappa shape index (κ2) is 6.84. The maximum atomic E-state index is 13.0. The van der Waals surface area contributed by atoms with Gasteiger partial charge in [0.1, 0.15) is 0 Å². The number of carbonyl (C=O) groups excluding carboxylic acids is 1. The molecule has 25 heavy (non-hydrogen) atoms. The van der Waals surface area contributed by atoms with E-state index in [-0.39, 0.29) is 5.41 Å². The molecule has 0 aliphatic carbocycles. The molecule has 0 aromatic carbocycles. The van der Waals surface area contributed by atoms with E-state index in [1.165, 1.54) is 0 Å². The van der Waals surface area contributed by atoms with E-state index in [1.54, 1.807) is 17.5 Å². The number of pyridine rings is 1. The monoisotopic (exact) mass is 356 g/mol. The second-order valence-electron chi connectivity index (χ2n) is 7.21. The summed E-state index contributed by atoms with van der Waals surface area (Å²) in [5.41, 5.74) is 2.00. The SMILES string of the molecule is Cc1nc(CN2CCC3(CC2)CCN(Cc2ccccn2)C3=O)cs1. The number of rotatable bonds is 4. The van der Waals surface area contributed by atoms with E-state index >= 15 is 0 Å². The molecule has 2 aromatic rings. The van der Waals surface area contributed by atoms with Crippen LogP contribution in [0.4, 0.5) is 0 Å². The Bertz CT molecular complexity index is 737. The number of aromatic nitrogens is 2. The third-order valence-electron chi connectivity index (χ3n) is 5.55. The van der Waals surface area contributed by atoms with Gasteiger partial charge in [0.05, 0.1) is 28.4 Å². The van der Waals surface area contributed by atoms with Gasteiger partial charge in [-0.2, -0.15) is 0 Å². The van der Waals surface area contributed by atoms with Crippen molar-refractivity contribution >= 4 is 17.2 Å². The molecule has 4 heterocycles. The van der Waals surface area contributed by atoms with E-state index in [1.807, 2.05) is 30.0 Å². The molecule has 2 fully saturated rings. The minimum absolute atomic E-state index is 0.136. The molecule has 5 nitrogen and oxygen atoms in total. The van der Waals surface area contributed by atoms with Crippen molar-refractivity contribution in [3.05, 3.63) is 46.2 Å². The summed E-state index contributed by atoms with van der Waals surface area (Å²) in [4.78, 5) is 26.4. The van der Waals surface area contributed by atoms with E-state index < -0.39 is 0 Å². The predicted molar refractivity (Wildman–Crippen MR) is 98.1 cm³/mol.